The molecule has 25 heavy (non-hydrogen) atoms. The van der Waals surface area contributed by atoms with Crippen LogP contribution in [0.25, 0.3) is 0 Å². The summed E-state index contributed by atoms with van der Waals surface area (Å²) >= 11 is 0. The average molecular weight is 344 g/mol. The lowest BCUT2D eigenvalue weighted by atomic mass is 9.89. The van der Waals surface area contributed by atoms with E-state index in [0.29, 0.717) is 6.54 Å². The van der Waals surface area contributed by atoms with E-state index in [1.807, 2.05) is 24.3 Å². The minimum absolute atomic E-state index is 0.0171. The van der Waals surface area contributed by atoms with E-state index in [1.54, 1.807) is 11.8 Å². The fourth-order valence-corrected chi connectivity index (χ4v) is 3.76. The van der Waals surface area contributed by atoms with Gasteiger partial charge in [-0.15, -0.1) is 0 Å². The highest BCUT2D eigenvalue weighted by Gasteiger charge is 2.48. The molecule has 6 nitrogen and oxygen atoms in total. The van der Waals surface area contributed by atoms with Gasteiger partial charge >= 0.3 is 5.97 Å². The summed E-state index contributed by atoms with van der Waals surface area (Å²) in [4.78, 5) is 38.0. The molecule has 1 aromatic rings. The topological polar surface area (TPSA) is 86.7 Å². The van der Waals surface area contributed by atoms with Crippen LogP contribution in [0.3, 0.4) is 0 Å². The Bertz CT molecular complexity index is 713. The van der Waals surface area contributed by atoms with Crippen molar-refractivity contribution in [3.63, 3.8) is 0 Å². The zero-order valence-corrected chi connectivity index (χ0v) is 14.6. The molecule has 0 radical (unpaired) electrons. The van der Waals surface area contributed by atoms with Gasteiger partial charge in [-0.3, -0.25) is 9.59 Å². The fraction of sp³-hybridized carbons (Fsp3) is 0.526. The molecule has 2 amide bonds. The van der Waals surface area contributed by atoms with Gasteiger partial charge in [-0.1, -0.05) is 24.3 Å². The van der Waals surface area contributed by atoms with E-state index in [4.69, 9.17) is 0 Å². The van der Waals surface area contributed by atoms with E-state index in [-0.39, 0.29) is 30.2 Å². The Morgan fingerprint density at radius 3 is 2.56 bits per heavy atom. The van der Waals surface area contributed by atoms with Gasteiger partial charge in [0.2, 0.25) is 11.8 Å². The number of nitrogens with zero attached hydrogens (tertiary/aromatic N) is 1. The lowest BCUT2D eigenvalue weighted by molar-refractivity contribution is -0.148. The Labute approximate surface area is 147 Å². The monoisotopic (exact) mass is 344 g/mol. The van der Waals surface area contributed by atoms with Crippen LogP contribution in [0.2, 0.25) is 0 Å². The highest BCUT2D eigenvalue weighted by atomic mass is 16.4. The van der Waals surface area contributed by atoms with Crippen molar-refractivity contribution in [2.24, 2.45) is 5.92 Å². The second-order valence-electron chi connectivity index (χ2n) is 7.21. The third-order valence-electron chi connectivity index (χ3n) is 5.43. The number of nitrogens with one attached hydrogen (secondary N) is 1. The molecule has 1 aliphatic heterocycles. The molecule has 0 saturated heterocycles. The van der Waals surface area contributed by atoms with Crippen LogP contribution in [0.15, 0.2) is 24.3 Å². The molecule has 134 valence electrons. The summed E-state index contributed by atoms with van der Waals surface area (Å²) in [5.41, 5.74) is 0.885. The third kappa shape index (κ3) is 3.38. The van der Waals surface area contributed by atoms with Crippen LogP contribution in [0.4, 0.5) is 0 Å². The molecular weight excluding hydrogens is 320 g/mol. The minimum atomic E-state index is -1.23. The van der Waals surface area contributed by atoms with Gasteiger partial charge in [0.15, 0.2) is 0 Å². The number of rotatable bonds is 5. The number of carboxylic acids is 1. The maximum Gasteiger partial charge on any atom is 0.329 e. The van der Waals surface area contributed by atoms with Gasteiger partial charge in [0, 0.05) is 13.5 Å². The van der Waals surface area contributed by atoms with Crippen molar-refractivity contribution in [3.8, 4) is 0 Å². The highest BCUT2D eigenvalue weighted by Crippen LogP contribution is 2.40. The number of hydrogen-bond acceptors (Lipinski definition) is 3. The Kier molecular flexibility index (Phi) is 4.54. The normalized spacial score (nSPS) is 21.8. The highest BCUT2D eigenvalue weighted by molar-refractivity contribution is 5.88. The molecule has 0 unspecified atom stereocenters. The number of aliphatic carboxylic acids is 1. The van der Waals surface area contributed by atoms with Crippen LogP contribution in [-0.4, -0.2) is 39.9 Å². The first-order valence-corrected chi connectivity index (χ1v) is 8.72. The molecular formula is C19H24N2O4. The molecule has 1 aliphatic carbocycles. The standard InChI is InChI=1S/C19H24N2O4/c1-12(22)21-10-9-13-5-3-4-6-15(13)16(21)11-17(23)20-19(2,18(24)25)14-7-8-14/h3-6,14,16H,7-11H2,1-2H3,(H,20,23)(H,24,25)/t16-,19-/m0/s1. The Morgan fingerprint density at radius 2 is 1.96 bits per heavy atom. The number of hydrogen-bond donors (Lipinski definition) is 2. The predicted octanol–water partition coefficient (Wildman–Crippen LogP) is 1.89. The zero-order valence-electron chi connectivity index (χ0n) is 14.6. The molecule has 6 heteroatoms. The number of carbonyl (C=O) groups excluding carboxylic acids is 2. The van der Waals surface area contributed by atoms with Gasteiger partial charge in [-0.05, 0) is 43.2 Å². The lowest BCUT2D eigenvalue weighted by Gasteiger charge is -2.37. The average Bonchev–Trinajstić information content (AvgIpc) is 3.39. The summed E-state index contributed by atoms with van der Waals surface area (Å²) in [6, 6.07) is 7.47. The molecule has 1 fully saturated rings. The van der Waals surface area contributed by atoms with Crippen molar-refractivity contribution in [3.05, 3.63) is 35.4 Å². The number of carbonyl (C=O) groups is 3. The first-order valence-electron chi connectivity index (χ1n) is 8.72. The van der Waals surface area contributed by atoms with Crippen molar-refractivity contribution < 1.29 is 19.5 Å². The van der Waals surface area contributed by atoms with Crippen LogP contribution >= 0.6 is 0 Å². The van der Waals surface area contributed by atoms with Crippen LogP contribution in [0, 0.1) is 5.92 Å². The van der Waals surface area contributed by atoms with Crippen molar-refractivity contribution in [1.29, 1.82) is 0 Å². The first-order chi connectivity index (χ1) is 11.8. The first kappa shape index (κ1) is 17.5. The van der Waals surface area contributed by atoms with Gasteiger partial charge in [-0.2, -0.15) is 0 Å². The second-order valence-corrected chi connectivity index (χ2v) is 7.21. The van der Waals surface area contributed by atoms with Crippen molar-refractivity contribution in [1.82, 2.24) is 10.2 Å². The largest absolute Gasteiger partial charge is 0.480 e. The molecule has 1 saturated carbocycles. The van der Waals surface area contributed by atoms with Gasteiger partial charge in [0.05, 0.1) is 12.5 Å². The van der Waals surface area contributed by atoms with Crippen LogP contribution in [0.5, 0.6) is 0 Å². The van der Waals surface area contributed by atoms with Crippen molar-refractivity contribution in [2.45, 2.75) is 51.1 Å². The van der Waals surface area contributed by atoms with Gasteiger partial charge in [-0.25, -0.2) is 4.79 Å². The van der Waals surface area contributed by atoms with E-state index in [0.717, 1.165) is 30.4 Å². The van der Waals surface area contributed by atoms with E-state index in [9.17, 15) is 19.5 Å². The fourth-order valence-electron chi connectivity index (χ4n) is 3.76. The second kappa shape index (κ2) is 6.50. The molecule has 0 spiro atoms. The van der Waals surface area contributed by atoms with Gasteiger partial charge in [0.1, 0.15) is 5.54 Å². The molecule has 3 rings (SSSR count). The number of carboxylic acid groups (broad SMARTS) is 1. The molecule has 2 N–H and O–H groups in total. The Morgan fingerprint density at radius 1 is 1.28 bits per heavy atom. The summed E-state index contributed by atoms with van der Waals surface area (Å²) in [6.07, 6.45) is 2.47. The van der Waals surface area contributed by atoms with E-state index in [1.165, 1.54) is 6.92 Å². The number of amides is 2. The summed E-state index contributed by atoms with van der Waals surface area (Å²) in [7, 11) is 0. The summed E-state index contributed by atoms with van der Waals surface area (Å²) in [5, 5.41) is 12.2. The van der Waals surface area contributed by atoms with Crippen molar-refractivity contribution >= 4 is 17.8 Å². The summed E-state index contributed by atoms with van der Waals surface area (Å²) in [6.45, 7) is 3.65. The quantitative estimate of drug-likeness (QED) is 0.854. The maximum absolute atomic E-state index is 12.6. The van der Waals surface area contributed by atoms with Crippen molar-refractivity contribution in [2.75, 3.05) is 6.54 Å². The van der Waals surface area contributed by atoms with E-state index in [2.05, 4.69) is 5.32 Å². The van der Waals surface area contributed by atoms with E-state index >= 15 is 0 Å². The third-order valence-corrected chi connectivity index (χ3v) is 5.43. The Balaban J connectivity index is 1.80. The molecule has 2 atom stereocenters. The lowest BCUT2D eigenvalue weighted by Crippen LogP contribution is -2.54. The molecule has 0 bridgehead atoms. The van der Waals surface area contributed by atoms with Crippen LogP contribution in [-0.2, 0) is 20.8 Å². The molecule has 1 aromatic carbocycles. The maximum atomic E-state index is 12.6. The van der Waals surface area contributed by atoms with E-state index < -0.39 is 11.5 Å². The van der Waals surface area contributed by atoms with Crippen LogP contribution < -0.4 is 5.32 Å². The van der Waals surface area contributed by atoms with Crippen LogP contribution in [0.1, 0.15) is 50.3 Å². The summed E-state index contributed by atoms with van der Waals surface area (Å²) in [5.74, 6) is -1.42. The van der Waals surface area contributed by atoms with Gasteiger partial charge < -0.3 is 15.3 Å². The summed E-state index contributed by atoms with van der Waals surface area (Å²) < 4.78 is 0. The minimum Gasteiger partial charge on any atom is -0.480 e. The van der Waals surface area contributed by atoms with Gasteiger partial charge in [0.25, 0.3) is 0 Å². The molecule has 1 heterocycles. The molecule has 0 aromatic heterocycles. The molecule has 2 aliphatic rings. The predicted molar refractivity (Wildman–Crippen MR) is 91.8 cm³/mol. The zero-order chi connectivity index (χ0) is 18.2. The Hall–Kier alpha value is -2.37. The number of fused-ring (bicyclic) bond motifs is 1. The smallest absolute Gasteiger partial charge is 0.329 e. The number of benzene rings is 1. The SMILES string of the molecule is CC(=O)N1CCc2ccccc2[C@@H]1CC(=O)N[C@](C)(C(=O)O)C1CC1.